The van der Waals surface area contributed by atoms with Gasteiger partial charge in [-0.1, -0.05) is 146 Å². The normalized spacial score (nSPS) is 11.8. The maximum absolute atomic E-state index is 15.2. The first-order chi connectivity index (χ1) is 25.2. The van der Waals surface area contributed by atoms with Crippen molar-refractivity contribution in [2.75, 3.05) is 10.7 Å². The maximum Gasteiger partial charge on any atom is 0.173 e. The molecule has 266 valence electrons. The van der Waals surface area contributed by atoms with Crippen LogP contribution in [-0.2, 0) is 9.13 Å². The second-order valence-corrected chi connectivity index (χ2v) is 18.2. The number of halogens is 4. The van der Waals surface area contributed by atoms with E-state index in [1.807, 2.05) is 184 Å². The van der Waals surface area contributed by atoms with Crippen molar-refractivity contribution in [2.45, 2.75) is 13.8 Å². The summed E-state index contributed by atoms with van der Waals surface area (Å²) in [4.78, 5) is 10.0. The van der Waals surface area contributed by atoms with Crippen LogP contribution < -0.4 is 31.8 Å². The molecule has 0 aliphatic rings. The fourth-order valence-electron chi connectivity index (χ4n) is 5.58. The zero-order chi connectivity index (χ0) is 37.4. The molecule has 0 saturated heterocycles. The van der Waals surface area contributed by atoms with Crippen molar-refractivity contribution in [3.8, 4) is 0 Å². The molecule has 0 saturated carbocycles. The number of benzene rings is 6. The first-order valence-corrected chi connectivity index (χ1v) is 21.8. The summed E-state index contributed by atoms with van der Waals surface area (Å²) in [5.74, 6) is 0. The topological polar surface area (TPSA) is 58.9 Å². The van der Waals surface area contributed by atoms with Gasteiger partial charge in [0.05, 0.1) is 33.5 Å². The number of rotatable bonds is 9. The number of alkyl halides is 4. The summed E-state index contributed by atoms with van der Waals surface area (Å²) in [5, 5.41) is 4.71. The number of para-hydroxylation sites is 2. The summed E-state index contributed by atoms with van der Waals surface area (Å²) in [6.45, 7) is 3.81. The minimum Gasteiger partial charge on any atom is -0.309 e. The highest BCUT2D eigenvalue weighted by atomic mass is 35.5. The van der Waals surface area contributed by atoms with E-state index in [-0.39, 0.29) is 10.7 Å². The van der Waals surface area contributed by atoms with Crippen molar-refractivity contribution in [1.29, 1.82) is 0 Å². The lowest BCUT2D eigenvalue weighted by atomic mass is 10.2. The highest BCUT2D eigenvalue weighted by Gasteiger charge is 2.33. The van der Waals surface area contributed by atoms with Gasteiger partial charge < -0.3 is 9.13 Å². The molecule has 0 unspecified atom stereocenters. The van der Waals surface area contributed by atoms with Gasteiger partial charge in [0.2, 0.25) is 0 Å². The smallest absolute Gasteiger partial charge is 0.173 e. The Morgan fingerprint density at radius 1 is 0.404 bits per heavy atom. The molecule has 0 atom stereocenters. The van der Waals surface area contributed by atoms with E-state index in [2.05, 4.69) is 0 Å². The standard InChI is InChI=1S/C40H34N2O2P2.2CH2Cl2/c1-31(41-37-27-15-17-29-39(37)45(43,33-19-7-3-8-20-33)34-21-9-4-10-22-34)32(2)42-38-28-16-18-30-40(38)46(44,35-23-11-5-12-24-35)36-25-13-6-14-26-36;2*2-1-3/h3-30H,1-2H3;2*1H2. The van der Waals surface area contributed by atoms with Crippen LogP contribution in [0.25, 0.3) is 0 Å². The molecule has 0 fully saturated rings. The average Bonchev–Trinajstić information content (AvgIpc) is 3.19. The van der Waals surface area contributed by atoms with Crippen molar-refractivity contribution in [2.24, 2.45) is 9.98 Å². The van der Waals surface area contributed by atoms with E-state index in [0.717, 1.165) is 21.2 Å². The van der Waals surface area contributed by atoms with Crippen molar-refractivity contribution in [1.82, 2.24) is 0 Å². The molecule has 0 aliphatic carbocycles. The molecule has 0 N–H and O–H groups in total. The Morgan fingerprint density at radius 3 is 0.865 bits per heavy atom. The monoisotopic (exact) mass is 804 g/mol. The quantitative estimate of drug-likeness (QED) is 0.0830. The van der Waals surface area contributed by atoms with Gasteiger partial charge in [-0.25, -0.2) is 0 Å². The van der Waals surface area contributed by atoms with E-state index in [0.29, 0.717) is 33.4 Å². The Morgan fingerprint density at radius 2 is 0.615 bits per heavy atom. The van der Waals surface area contributed by atoms with E-state index < -0.39 is 14.3 Å². The van der Waals surface area contributed by atoms with Crippen molar-refractivity contribution >= 4 is 115 Å². The number of nitrogens with zero attached hydrogens (tertiary/aromatic N) is 2. The lowest BCUT2D eigenvalue weighted by Crippen LogP contribution is -2.25. The summed E-state index contributed by atoms with van der Waals surface area (Å²) in [6.07, 6.45) is 0. The van der Waals surface area contributed by atoms with Crippen molar-refractivity contribution in [3.05, 3.63) is 170 Å². The van der Waals surface area contributed by atoms with Gasteiger partial charge >= 0.3 is 0 Å². The maximum atomic E-state index is 15.2. The summed E-state index contributed by atoms with van der Waals surface area (Å²) < 4.78 is 30.4. The molecule has 4 nitrogen and oxygen atoms in total. The summed E-state index contributed by atoms with van der Waals surface area (Å²) in [7, 11) is -6.50. The summed E-state index contributed by atoms with van der Waals surface area (Å²) in [6, 6.07) is 53.7. The molecule has 6 aromatic carbocycles. The Hall–Kier alpha value is -3.72. The molecule has 0 bridgehead atoms. The van der Waals surface area contributed by atoms with Crippen LogP contribution in [0.2, 0.25) is 0 Å². The second-order valence-electron chi connectivity index (χ2n) is 11.1. The van der Waals surface area contributed by atoms with Crippen LogP contribution in [-0.4, -0.2) is 22.1 Å². The molecular formula is C42H38Cl4N2O2P2. The largest absolute Gasteiger partial charge is 0.309 e. The third-order valence-corrected chi connectivity index (χ3v) is 14.2. The van der Waals surface area contributed by atoms with E-state index in [9.17, 15) is 0 Å². The fourth-order valence-corrected chi connectivity index (χ4v) is 11.1. The van der Waals surface area contributed by atoms with E-state index >= 15 is 9.13 Å². The van der Waals surface area contributed by atoms with E-state index in [4.69, 9.17) is 56.4 Å². The molecule has 0 amide bonds. The molecular weight excluding hydrogens is 768 g/mol. The lowest BCUT2D eigenvalue weighted by Gasteiger charge is -2.22. The number of aliphatic imine (C=N–C) groups is 2. The molecule has 0 aliphatic heterocycles. The Bertz CT molecular complexity index is 1920. The van der Waals surface area contributed by atoms with Crippen LogP contribution in [0.1, 0.15) is 13.8 Å². The van der Waals surface area contributed by atoms with Gasteiger partial charge in [0.25, 0.3) is 0 Å². The predicted octanol–water partition coefficient (Wildman–Crippen LogP) is 10.7. The van der Waals surface area contributed by atoms with Crippen molar-refractivity contribution in [3.63, 3.8) is 0 Å². The van der Waals surface area contributed by atoms with E-state index in [1.54, 1.807) is 0 Å². The highest BCUT2D eigenvalue weighted by Crippen LogP contribution is 2.46. The molecule has 52 heavy (non-hydrogen) atoms. The van der Waals surface area contributed by atoms with Crippen LogP contribution in [0.4, 0.5) is 11.4 Å². The first-order valence-electron chi connectivity index (χ1n) is 16.2. The van der Waals surface area contributed by atoms with Crippen molar-refractivity contribution < 1.29 is 9.13 Å². The molecule has 6 rings (SSSR count). The lowest BCUT2D eigenvalue weighted by molar-refractivity contribution is 0.591. The summed E-state index contributed by atoms with van der Waals surface area (Å²) in [5.41, 5.74) is 2.59. The van der Waals surface area contributed by atoms with Gasteiger partial charge in [0.15, 0.2) is 14.3 Å². The first kappa shape index (κ1) is 41.0. The Balaban J connectivity index is 0.000000944. The third-order valence-electron chi connectivity index (χ3n) is 8.02. The fraction of sp³-hybridized carbons (Fsp3) is 0.0952. The SMILES string of the molecule is CC(=Nc1ccccc1P(=O)(c1ccccc1)c1ccccc1)C(C)=Nc1ccccc1P(=O)(c1ccccc1)c1ccccc1.ClCCl.ClCCl. The van der Waals surface area contributed by atoms with Crippen LogP contribution in [0.3, 0.4) is 0 Å². The van der Waals surface area contributed by atoms with Gasteiger partial charge in [-0.3, -0.25) is 9.98 Å². The Labute approximate surface area is 327 Å². The molecule has 0 heterocycles. The van der Waals surface area contributed by atoms with Gasteiger partial charge in [-0.05, 0) is 38.1 Å². The Kier molecular flexibility index (Phi) is 16.2. The zero-order valence-electron chi connectivity index (χ0n) is 28.7. The predicted molar refractivity (Wildman–Crippen MR) is 230 cm³/mol. The number of hydrogen-bond acceptors (Lipinski definition) is 4. The average molecular weight is 807 g/mol. The molecule has 0 aromatic heterocycles. The van der Waals surface area contributed by atoms with Gasteiger partial charge in [0, 0.05) is 31.8 Å². The van der Waals surface area contributed by atoms with Crippen LogP contribution >= 0.6 is 60.7 Å². The van der Waals surface area contributed by atoms with Crippen LogP contribution in [0.5, 0.6) is 0 Å². The highest BCUT2D eigenvalue weighted by molar-refractivity contribution is 7.86. The van der Waals surface area contributed by atoms with Gasteiger partial charge in [-0.15, -0.1) is 46.4 Å². The third kappa shape index (κ3) is 9.82. The minimum absolute atomic E-state index is 0.194. The van der Waals surface area contributed by atoms with Gasteiger partial charge in [0.1, 0.15) is 0 Å². The zero-order valence-corrected chi connectivity index (χ0v) is 33.5. The van der Waals surface area contributed by atoms with Crippen LogP contribution in [0.15, 0.2) is 180 Å². The van der Waals surface area contributed by atoms with Crippen LogP contribution in [0, 0.1) is 0 Å². The molecule has 0 spiro atoms. The molecule has 10 heteroatoms. The van der Waals surface area contributed by atoms with E-state index in [1.165, 1.54) is 0 Å². The minimum atomic E-state index is -3.25. The summed E-state index contributed by atoms with van der Waals surface area (Å²) >= 11 is 19.1. The number of hydrogen-bond donors (Lipinski definition) is 0. The molecule has 6 aromatic rings. The second kappa shape index (κ2) is 20.5. The van der Waals surface area contributed by atoms with Gasteiger partial charge in [-0.2, -0.15) is 0 Å². The molecule has 0 radical (unpaired) electrons.